The third-order valence-corrected chi connectivity index (χ3v) is 8.80. The van der Waals surface area contributed by atoms with Crippen LogP contribution in [0.3, 0.4) is 0 Å². The van der Waals surface area contributed by atoms with Gasteiger partial charge in [-0.3, -0.25) is 8.97 Å². The lowest BCUT2D eigenvalue weighted by molar-refractivity contribution is -0.136. The number of hydrogen-bond acceptors (Lipinski definition) is 5. The summed E-state index contributed by atoms with van der Waals surface area (Å²) < 4.78 is 46.7. The quantitative estimate of drug-likeness (QED) is 0.361. The van der Waals surface area contributed by atoms with Crippen molar-refractivity contribution in [3.63, 3.8) is 0 Å². The summed E-state index contributed by atoms with van der Waals surface area (Å²) in [6.45, 7) is 2.31. The minimum atomic E-state index is -4.62. The van der Waals surface area contributed by atoms with Crippen molar-refractivity contribution in [2.24, 2.45) is 13.0 Å². The number of fused-ring (bicyclic) bond motifs is 1. The summed E-state index contributed by atoms with van der Waals surface area (Å²) >= 11 is 0. The van der Waals surface area contributed by atoms with E-state index >= 15 is 0 Å². The summed E-state index contributed by atoms with van der Waals surface area (Å²) in [6, 6.07) is 10.8. The lowest BCUT2D eigenvalue weighted by Gasteiger charge is -2.45. The molecule has 0 radical (unpaired) electrons. The number of nitrogens with zero attached hydrogens (tertiary/aromatic N) is 6. The number of halogens is 3. The van der Waals surface area contributed by atoms with Gasteiger partial charge in [0.15, 0.2) is 0 Å². The highest BCUT2D eigenvalue weighted by Gasteiger charge is 2.46. The maximum atomic E-state index is 14.2. The zero-order chi connectivity index (χ0) is 28.3. The van der Waals surface area contributed by atoms with Crippen molar-refractivity contribution in [1.82, 2.24) is 29.0 Å². The minimum Gasteiger partial charge on any atom is -0.321 e. The third-order valence-electron chi connectivity index (χ3n) is 8.80. The highest BCUT2D eigenvalue weighted by Crippen LogP contribution is 2.50. The fraction of sp³-hybridized carbons (Fsp3) is 0.448. The molecule has 11 heteroatoms. The molecule has 0 saturated heterocycles. The fourth-order valence-electron chi connectivity index (χ4n) is 6.17. The van der Waals surface area contributed by atoms with Gasteiger partial charge in [0.2, 0.25) is 0 Å². The first-order chi connectivity index (χ1) is 19.0. The molecule has 40 heavy (non-hydrogen) atoms. The molecule has 0 amide bonds. The molecule has 0 bridgehead atoms. The second-order valence-corrected chi connectivity index (χ2v) is 11.7. The largest absolute Gasteiger partial charge is 0.418 e. The van der Waals surface area contributed by atoms with Crippen LogP contribution in [-0.2, 0) is 31.6 Å². The van der Waals surface area contributed by atoms with E-state index in [0.29, 0.717) is 30.5 Å². The molecule has 1 aromatic carbocycles. The van der Waals surface area contributed by atoms with Gasteiger partial charge in [-0.05, 0) is 68.4 Å². The predicted octanol–water partition coefficient (Wildman–Crippen LogP) is 4.68. The van der Waals surface area contributed by atoms with Gasteiger partial charge >= 0.3 is 11.9 Å². The molecule has 208 valence electrons. The van der Waals surface area contributed by atoms with E-state index in [1.807, 2.05) is 23.7 Å². The third kappa shape index (κ3) is 4.50. The van der Waals surface area contributed by atoms with Crippen LogP contribution in [0.4, 0.5) is 13.2 Å². The summed E-state index contributed by atoms with van der Waals surface area (Å²) in [5.74, 6) is 0.681. The molecule has 0 unspecified atom stereocenters. The number of nitriles is 1. The maximum Gasteiger partial charge on any atom is 0.418 e. The fourth-order valence-corrected chi connectivity index (χ4v) is 6.17. The molecule has 2 fully saturated rings. The van der Waals surface area contributed by atoms with Crippen molar-refractivity contribution < 1.29 is 13.2 Å². The number of hydrogen-bond donors (Lipinski definition) is 1. The topological polar surface area (TPSA) is 92.9 Å². The van der Waals surface area contributed by atoms with E-state index in [0.717, 1.165) is 41.1 Å². The summed E-state index contributed by atoms with van der Waals surface area (Å²) in [4.78, 5) is 13.5. The van der Waals surface area contributed by atoms with Crippen LogP contribution in [0.15, 0.2) is 53.8 Å². The van der Waals surface area contributed by atoms with Crippen LogP contribution in [0.5, 0.6) is 0 Å². The van der Waals surface area contributed by atoms with Crippen LogP contribution >= 0.6 is 0 Å². The minimum absolute atomic E-state index is 0.0856. The Hall–Kier alpha value is -3.91. The first-order valence-corrected chi connectivity index (χ1v) is 13.4. The lowest BCUT2D eigenvalue weighted by Crippen LogP contribution is -2.47. The molecule has 3 aromatic heterocycles. The number of pyridine rings is 1. The van der Waals surface area contributed by atoms with E-state index < -0.39 is 17.4 Å². The average Bonchev–Trinajstić information content (AvgIpc) is 3.44. The Morgan fingerprint density at radius 3 is 2.60 bits per heavy atom. The highest BCUT2D eigenvalue weighted by molar-refractivity contribution is 5.58. The molecule has 2 saturated carbocycles. The van der Waals surface area contributed by atoms with Crippen LogP contribution in [0.2, 0.25) is 0 Å². The van der Waals surface area contributed by atoms with Crippen LogP contribution in [-0.4, -0.2) is 29.3 Å². The molecule has 3 heterocycles. The lowest BCUT2D eigenvalue weighted by atomic mass is 9.57. The van der Waals surface area contributed by atoms with Gasteiger partial charge in [0.25, 0.3) is 0 Å². The predicted molar refractivity (Wildman–Crippen MR) is 142 cm³/mol. The summed E-state index contributed by atoms with van der Waals surface area (Å²) in [5, 5.41) is 21.0. The molecular weight excluding hydrogens is 519 g/mol. The molecule has 8 nitrogen and oxygen atoms in total. The van der Waals surface area contributed by atoms with Crippen molar-refractivity contribution in [3.05, 3.63) is 82.1 Å². The first kappa shape index (κ1) is 26.3. The Balaban J connectivity index is 1.40. The van der Waals surface area contributed by atoms with Crippen molar-refractivity contribution in [3.8, 4) is 11.8 Å². The summed E-state index contributed by atoms with van der Waals surface area (Å²) in [5.41, 5.74) is -0.280. The molecule has 0 aliphatic heterocycles. The maximum absolute atomic E-state index is 14.2. The second kappa shape index (κ2) is 9.34. The van der Waals surface area contributed by atoms with Crippen LogP contribution in [0.1, 0.15) is 61.5 Å². The molecule has 0 atom stereocenters. The Morgan fingerprint density at radius 1 is 1.20 bits per heavy atom. The van der Waals surface area contributed by atoms with Crippen molar-refractivity contribution in [2.45, 2.75) is 69.1 Å². The van der Waals surface area contributed by atoms with Crippen LogP contribution < -0.4 is 11.0 Å². The SMILES string of the molecule is Cn1cnnc1CC1(c2cccc(-n3cc4c(C(F)(F)F)cc(CNC5(C)CCC5)cn4c3=O)c2)CC(C#N)C1. The van der Waals surface area contributed by atoms with Crippen LogP contribution in [0, 0.1) is 17.2 Å². The number of aryl methyl sites for hydroxylation is 1. The number of imidazole rings is 1. The Bertz CT molecular complexity index is 1680. The zero-order valence-electron chi connectivity index (χ0n) is 22.4. The van der Waals surface area contributed by atoms with Crippen LogP contribution in [0.25, 0.3) is 11.2 Å². The number of aromatic nitrogens is 5. The van der Waals surface area contributed by atoms with Gasteiger partial charge in [-0.25, -0.2) is 4.79 Å². The van der Waals surface area contributed by atoms with E-state index in [9.17, 15) is 23.2 Å². The van der Waals surface area contributed by atoms with Gasteiger partial charge in [0, 0.05) is 49.3 Å². The molecule has 4 aromatic rings. The van der Waals surface area contributed by atoms with E-state index in [1.54, 1.807) is 18.5 Å². The molecule has 1 N–H and O–H groups in total. The van der Waals surface area contributed by atoms with Crippen molar-refractivity contribution in [1.29, 1.82) is 5.26 Å². The number of alkyl halides is 3. The zero-order valence-corrected chi connectivity index (χ0v) is 22.4. The standard InChI is InChI=1S/C29H30F3N7O/c1-27(7-4-8-27)34-15-19-9-23(29(30,31)32)24-17-38(26(40)39(24)16-19)22-6-3-5-21(10-22)28(11-20(12-28)14-33)13-25-36-35-18-37(25)2/h3,5-6,9-10,16-18,20,34H,4,7-8,11-13,15H2,1-2H3. The normalized spacial score (nSPS) is 22.1. The number of nitrogens with one attached hydrogen (secondary N) is 1. The highest BCUT2D eigenvalue weighted by atomic mass is 19.4. The molecular formula is C29H30F3N7O. The average molecular weight is 550 g/mol. The van der Waals surface area contributed by atoms with Gasteiger partial charge < -0.3 is 9.88 Å². The van der Waals surface area contributed by atoms with E-state index in [2.05, 4.69) is 28.5 Å². The van der Waals surface area contributed by atoms with E-state index in [4.69, 9.17) is 0 Å². The van der Waals surface area contributed by atoms with E-state index in [-0.39, 0.29) is 28.9 Å². The van der Waals surface area contributed by atoms with Gasteiger partial charge in [-0.1, -0.05) is 12.1 Å². The molecule has 0 spiro atoms. The Kier molecular flexibility index (Phi) is 6.14. The van der Waals surface area contributed by atoms with Gasteiger partial charge in [-0.15, -0.1) is 10.2 Å². The van der Waals surface area contributed by atoms with Crippen molar-refractivity contribution in [2.75, 3.05) is 0 Å². The summed E-state index contributed by atoms with van der Waals surface area (Å²) in [7, 11) is 1.86. The molecule has 2 aliphatic rings. The molecule has 6 rings (SSSR count). The summed E-state index contributed by atoms with van der Waals surface area (Å²) in [6.07, 6.45) is 4.62. The Labute approximate surface area is 229 Å². The molecule has 2 aliphatic carbocycles. The van der Waals surface area contributed by atoms with Gasteiger partial charge in [0.1, 0.15) is 12.2 Å². The van der Waals surface area contributed by atoms with E-state index in [1.165, 1.54) is 17.0 Å². The smallest absolute Gasteiger partial charge is 0.321 e. The van der Waals surface area contributed by atoms with Crippen molar-refractivity contribution >= 4 is 5.52 Å². The van der Waals surface area contributed by atoms with Gasteiger partial charge in [-0.2, -0.15) is 18.4 Å². The van der Waals surface area contributed by atoms with Gasteiger partial charge in [0.05, 0.1) is 22.8 Å². The second-order valence-electron chi connectivity index (χ2n) is 11.7. The number of rotatable bonds is 7. The monoisotopic (exact) mass is 549 g/mol. The number of benzene rings is 1. The first-order valence-electron chi connectivity index (χ1n) is 13.4. The Morgan fingerprint density at radius 2 is 1.98 bits per heavy atom.